The Morgan fingerprint density at radius 1 is 0.760 bits per heavy atom. The number of anilines is 1. The Hall–Kier alpha value is -1.81. The van der Waals surface area contributed by atoms with Crippen LogP contribution in [0.25, 0.3) is 0 Å². The molecule has 1 atom stereocenters. The van der Waals surface area contributed by atoms with E-state index in [4.69, 9.17) is 4.99 Å². The number of aliphatic imine (C=N–C) groups is 1. The fourth-order valence-electron chi connectivity index (χ4n) is 8.35. The lowest BCUT2D eigenvalue weighted by molar-refractivity contribution is -0.120. The van der Waals surface area contributed by atoms with E-state index in [0.717, 1.165) is 31.0 Å². The zero-order valence-electron chi connectivity index (χ0n) is 31.5. The van der Waals surface area contributed by atoms with Crippen LogP contribution in [0.5, 0.6) is 0 Å². The summed E-state index contributed by atoms with van der Waals surface area (Å²) in [6.45, 7) is 7.75. The molecule has 2 N–H and O–H groups in total. The SMILES string of the molecule is CCCC[P+](CCCC)(CCCC)Cc1ccc(NC(=O)C2Cc3ccccc3CN2C(=NC2CCCCC2)NC2CCCCC2)cc1.Cl.Cl. The fourth-order valence-corrected chi connectivity index (χ4v) is 13.4. The van der Waals surface area contributed by atoms with Crippen LogP contribution in [0.15, 0.2) is 53.5 Å². The van der Waals surface area contributed by atoms with Crippen LogP contribution in [0.1, 0.15) is 140 Å². The Morgan fingerprint density at radius 2 is 1.32 bits per heavy atom. The highest BCUT2D eigenvalue weighted by Crippen LogP contribution is 2.63. The van der Waals surface area contributed by atoms with Crippen LogP contribution in [0.4, 0.5) is 5.69 Å². The van der Waals surface area contributed by atoms with Crippen LogP contribution in [-0.4, -0.2) is 53.4 Å². The Morgan fingerprint density at radius 3 is 1.90 bits per heavy atom. The van der Waals surface area contributed by atoms with E-state index in [-0.39, 0.29) is 36.8 Å². The monoisotopic (exact) mass is 745 g/mol. The molecule has 280 valence electrons. The number of guanidine groups is 1. The van der Waals surface area contributed by atoms with E-state index < -0.39 is 7.26 Å². The van der Waals surface area contributed by atoms with Gasteiger partial charge in [-0.3, -0.25) is 4.79 Å². The lowest BCUT2D eigenvalue weighted by Crippen LogP contribution is -2.56. The first-order chi connectivity index (χ1) is 23.5. The number of amides is 1. The standard InChI is InChI=1S/C42H65N4OP.2ClH/c1-4-7-28-48(29-8-5-2,30-9-6-3)33-34-24-26-39(27-25-34)43-41(47)40-31-35-18-16-17-19-36(35)32-46(40)42(44-37-20-12-10-13-21-37)45-38-22-14-11-15-23-38;;/h16-19,24-27,37-38,40H,4-15,20-23,28-33H2,1-3H3,(H-,43,44,45,47);2*1H/p+1. The number of nitrogens with zero attached hydrogens (tertiary/aromatic N) is 2. The van der Waals surface area contributed by atoms with Crippen molar-refractivity contribution in [3.8, 4) is 0 Å². The van der Waals surface area contributed by atoms with Crippen LogP contribution in [-0.2, 0) is 23.9 Å². The number of benzene rings is 2. The van der Waals surface area contributed by atoms with Gasteiger partial charge in [0.05, 0.1) is 30.7 Å². The molecule has 2 aliphatic carbocycles. The highest BCUT2D eigenvalue weighted by Gasteiger charge is 2.37. The molecule has 3 aliphatic rings. The number of carbonyl (C=O) groups excluding carboxylic acids is 1. The third-order valence-corrected chi connectivity index (χ3v) is 16.2. The molecule has 0 spiro atoms. The highest BCUT2D eigenvalue weighted by molar-refractivity contribution is 7.75. The molecule has 0 bridgehead atoms. The lowest BCUT2D eigenvalue weighted by atomic mass is 9.92. The van der Waals surface area contributed by atoms with Crippen molar-refractivity contribution in [2.24, 2.45) is 4.99 Å². The van der Waals surface area contributed by atoms with E-state index >= 15 is 0 Å². The Bertz CT molecular complexity index is 1270. The molecule has 1 heterocycles. The normalized spacial score (nSPS) is 18.8. The molecule has 0 aromatic heterocycles. The average molecular weight is 747 g/mol. The van der Waals surface area contributed by atoms with E-state index in [2.05, 4.69) is 84.8 Å². The summed E-state index contributed by atoms with van der Waals surface area (Å²) in [7, 11) is -1.03. The van der Waals surface area contributed by atoms with Gasteiger partial charge in [0.25, 0.3) is 0 Å². The van der Waals surface area contributed by atoms with Gasteiger partial charge >= 0.3 is 0 Å². The highest BCUT2D eigenvalue weighted by atomic mass is 35.5. The van der Waals surface area contributed by atoms with Crippen molar-refractivity contribution < 1.29 is 4.79 Å². The Kier molecular flexibility index (Phi) is 19.0. The van der Waals surface area contributed by atoms with Gasteiger partial charge in [0, 0.05) is 32.0 Å². The summed E-state index contributed by atoms with van der Waals surface area (Å²) in [6, 6.07) is 18.1. The first-order valence-electron chi connectivity index (χ1n) is 19.9. The first kappa shape index (κ1) is 42.6. The van der Waals surface area contributed by atoms with E-state index in [1.165, 1.54) is 131 Å². The predicted octanol–water partition coefficient (Wildman–Crippen LogP) is 11.4. The number of unbranched alkanes of at least 4 members (excludes halogenated alkanes) is 3. The van der Waals surface area contributed by atoms with Gasteiger partial charge in [0.2, 0.25) is 5.91 Å². The number of fused-ring (bicyclic) bond motifs is 1. The van der Waals surface area contributed by atoms with Crippen LogP contribution in [0.3, 0.4) is 0 Å². The number of hydrogen-bond acceptors (Lipinski definition) is 2. The van der Waals surface area contributed by atoms with E-state index in [1.807, 2.05) is 0 Å². The molecule has 2 aromatic rings. The van der Waals surface area contributed by atoms with Crippen molar-refractivity contribution in [1.29, 1.82) is 0 Å². The maximum Gasteiger partial charge on any atom is 0.247 e. The molecule has 5 rings (SSSR count). The molecule has 50 heavy (non-hydrogen) atoms. The summed E-state index contributed by atoms with van der Waals surface area (Å²) in [5, 5.41) is 7.30. The Labute approximate surface area is 318 Å². The molecule has 5 nitrogen and oxygen atoms in total. The van der Waals surface area contributed by atoms with Gasteiger partial charge in [-0.05, 0) is 73.8 Å². The number of halogens is 2. The molecule has 0 saturated heterocycles. The smallest absolute Gasteiger partial charge is 0.247 e. The van der Waals surface area contributed by atoms with Gasteiger partial charge in [-0.25, -0.2) is 4.99 Å². The van der Waals surface area contributed by atoms with Crippen LogP contribution in [0.2, 0.25) is 0 Å². The maximum atomic E-state index is 14.3. The molecule has 1 unspecified atom stereocenters. The van der Waals surface area contributed by atoms with E-state index in [9.17, 15) is 4.79 Å². The second-order valence-electron chi connectivity index (χ2n) is 15.3. The second kappa shape index (κ2) is 22.3. The predicted molar refractivity (Wildman–Crippen MR) is 223 cm³/mol. The van der Waals surface area contributed by atoms with Crippen molar-refractivity contribution in [2.45, 2.75) is 161 Å². The zero-order valence-corrected chi connectivity index (χ0v) is 34.0. The average Bonchev–Trinajstić information content (AvgIpc) is 3.13. The summed E-state index contributed by atoms with van der Waals surface area (Å²) in [4.78, 5) is 22.1. The molecule has 1 amide bonds. The number of carbonyl (C=O) groups is 1. The van der Waals surface area contributed by atoms with Gasteiger partial charge < -0.3 is 15.5 Å². The molecule has 2 aromatic carbocycles. The third kappa shape index (κ3) is 12.4. The zero-order chi connectivity index (χ0) is 33.6. The summed E-state index contributed by atoms with van der Waals surface area (Å²) in [6.07, 6.45) is 26.6. The summed E-state index contributed by atoms with van der Waals surface area (Å²) in [5.41, 5.74) is 4.96. The van der Waals surface area contributed by atoms with Gasteiger partial charge in [0.15, 0.2) is 5.96 Å². The van der Waals surface area contributed by atoms with Crippen LogP contribution in [0, 0.1) is 0 Å². The lowest BCUT2D eigenvalue weighted by Gasteiger charge is -2.40. The maximum absolute atomic E-state index is 14.3. The van der Waals surface area contributed by atoms with Crippen LogP contribution < -0.4 is 10.6 Å². The number of nitrogens with one attached hydrogen (secondary N) is 2. The summed E-state index contributed by atoms with van der Waals surface area (Å²) < 4.78 is 0. The van der Waals surface area contributed by atoms with Crippen molar-refractivity contribution >= 4 is 49.6 Å². The molecular weight excluding hydrogens is 678 g/mol. The molecule has 2 fully saturated rings. The molecule has 1 aliphatic heterocycles. The third-order valence-electron chi connectivity index (χ3n) is 11.3. The first-order valence-corrected chi connectivity index (χ1v) is 22.5. The van der Waals surface area contributed by atoms with E-state index in [1.54, 1.807) is 0 Å². The minimum Gasteiger partial charge on any atom is -0.353 e. The largest absolute Gasteiger partial charge is 0.353 e. The minimum absolute atomic E-state index is 0. The summed E-state index contributed by atoms with van der Waals surface area (Å²) in [5.74, 6) is 1.04. The van der Waals surface area contributed by atoms with Crippen molar-refractivity contribution in [1.82, 2.24) is 10.2 Å². The molecule has 8 heteroatoms. The van der Waals surface area contributed by atoms with Gasteiger partial charge in [0.1, 0.15) is 6.04 Å². The quantitative estimate of drug-likeness (QED) is 0.108. The number of hydrogen-bond donors (Lipinski definition) is 2. The minimum atomic E-state index is -1.03. The van der Waals surface area contributed by atoms with Crippen molar-refractivity contribution in [3.63, 3.8) is 0 Å². The number of rotatable bonds is 15. The van der Waals surface area contributed by atoms with Crippen LogP contribution >= 0.6 is 32.1 Å². The fraction of sp³-hybridized carbons (Fsp3) is 0.667. The molecular formula is C42H68Cl2N4OP+. The van der Waals surface area contributed by atoms with Crippen molar-refractivity contribution in [3.05, 3.63) is 65.2 Å². The van der Waals surface area contributed by atoms with Gasteiger partial charge in [-0.15, -0.1) is 24.8 Å². The Balaban J connectivity index is 0.00000338. The van der Waals surface area contributed by atoms with Gasteiger partial charge in [-0.2, -0.15) is 0 Å². The molecule has 2 saturated carbocycles. The van der Waals surface area contributed by atoms with Crippen molar-refractivity contribution in [2.75, 3.05) is 23.8 Å². The topological polar surface area (TPSA) is 56.7 Å². The molecule has 0 radical (unpaired) electrons. The van der Waals surface area contributed by atoms with E-state index in [0.29, 0.717) is 18.5 Å². The second-order valence-corrected chi connectivity index (χ2v) is 19.6. The summed E-state index contributed by atoms with van der Waals surface area (Å²) >= 11 is 0. The van der Waals surface area contributed by atoms with Gasteiger partial charge in [-0.1, -0.05) is 115 Å².